The van der Waals surface area contributed by atoms with E-state index in [1.165, 1.54) is 12.1 Å². The Hall–Kier alpha value is -1.95. The summed E-state index contributed by atoms with van der Waals surface area (Å²) >= 11 is 1.68. The molecule has 6 heteroatoms. The first-order valence-corrected chi connectivity index (χ1v) is 6.86. The fraction of sp³-hybridized carbons (Fsp3) is 0.231. The molecule has 2 amide bonds. The molecule has 19 heavy (non-hydrogen) atoms. The highest BCUT2D eigenvalue weighted by molar-refractivity contribution is 7.99. The lowest BCUT2D eigenvalue weighted by Gasteiger charge is -2.07. The van der Waals surface area contributed by atoms with E-state index in [9.17, 15) is 9.59 Å². The van der Waals surface area contributed by atoms with Gasteiger partial charge in [-0.05, 0) is 24.3 Å². The summed E-state index contributed by atoms with van der Waals surface area (Å²) in [7, 11) is 0. The number of urea groups is 1. The van der Waals surface area contributed by atoms with Gasteiger partial charge in [0.2, 0.25) is 0 Å². The Labute approximate surface area is 116 Å². The molecule has 0 atom stereocenters. The summed E-state index contributed by atoms with van der Waals surface area (Å²) in [6.07, 6.45) is 1.81. The van der Waals surface area contributed by atoms with Crippen LogP contribution in [-0.2, 0) is 0 Å². The van der Waals surface area contributed by atoms with Crippen molar-refractivity contribution in [2.24, 2.45) is 0 Å². The van der Waals surface area contributed by atoms with Gasteiger partial charge >= 0.3 is 12.0 Å². The van der Waals surface area contributed by atoms with Crippen LogP contribution in [0.1, 0.15) is 10.4 Å². The normalized spacial score (nSPS) is 9.68. The van der Waals surface area contributed by atoms with Crippen molar-refractivity contribution in [3.05, 3.63) is 42.5 Å². The largest absolute Gasteiger partial charge is 0.478 e. The Kier molecular flexibility index (Phi) is 6.52. The van der Waals surface area contributed by atoms with Crippen molar-refractivity contribution in [1.29, 1.82) is 0 Å². The third-order valence-electron chi connectivity index (χ3n) is 2.16. The van der Waals surface area contributed by atoms with Gasteiger partial charge in [0.1, 0.15) is 0 Å². The predicted molar refractivity (Wildman–Crippen MR) is 77.9 cm³/mol. The summed E-state index contributed by atoms with van der Waals surface area (Å²) < 4.78 is 0. The van der Waals surface area contributed by atoms with Crippen LogP contribution < -0.4 is 10.6 Å². The number of carboxylic acids is 1. The van der Waals surface area contributed by atoms with E-state index >= 15 is 0 Å². The molecule has 0 aromatic heterocycles. The van der Waals surface area contributed by atoms with Crippen molar-refractivity contribution in [2.75, 3.05) is 23.4 Å². The van der Waals surface area contributed by atoms with E-state index in [4.69, 9.17) is 5.11 Å². The first-order chi connectivity index (χ1) is 9.13. The van der Waals surface area contributed by atoms with Gasteiger partial charge in [-0.1, -0.05) is 6.08 Å². The summed E-state index contributed by atoms with van der Waals surface area (Å²) in [4.78, 5) is 22.1. The lowest BCUT2D eigenvalue weighted by atomic mass is 10.2. The molecule has 5 nitrogen and oxygen atoms in total. The number of carbonyl (C=O) groups is 2. The molecular formula is C13H16N2O3S. The highest BCUT2D eigenvalue weighted by Crippen LogP contribution is 2.09. The molecule has 0 heterocycles. The number of carboxylic acid groups (broad SMARTS) is 1. The average Bonchev–Trinajstić information content (AvgIpc) is 2.39. The number of rotatable bonds is 7. The number of nitrogens with one attached hydrogen (secondary N) is 2. The van der Waals surface area contributed by atoms with Gasteiger partial charge in [-0.2, -0.15) is 11.8 Å². The van der Waals surface area contributed by atoms with Crippen molar-refractivity contribution < 1.29 is 14.7 Å². The number of benzene rings is 1. The standard InChI is InChI=1S/C13H16N2O3S/c1-2-8-19-9-7-14-13(18)15-11-5-3-10(4-6-11)12(16)17/h2-6H,1,7-9H2,(H,16,17)(H2,14,15,18). The van der Waals surface area contributed by atoms with Crippen LogP contribution >= 0.6 is 11.8 Å². The monoisotopic (exact) mass is 280 g/mol. The van der Waals surface area contributed by atoms with Crippen LogP contribution in [0.2, 0.25) is 0 Å². The van der Waals surface area contributed by atoms with Crippen molar-refractivity contribution in [3.63, 3.8) is 0 Å². The van der Waals surface area contributed by atoms with Gasteiger partial charge in [-0.25, -0.2) is 9.59 Å². The van der Waals surface area contributed by atoms with E-state index in [-0.39, 0.29) is 11.6 Å². The lowest BCUT2D eigenvalue weighted by Crippen LogP contribution is -2.30. The maximum absolute atomic E-state index is 11.5. The Morgan fingerprint density at radius 2 is 2.00 bits per heavy atom. The second kappa shape index (κ2) is 8.20. The molecular weight excluding hydrogens is 264 g/mol. The summed E-state index contributed by atoms with van der Waals surface area (Å²) in [6.45, 7) is 4.17. The number of amides is 2. The second-order valence-electron chi connectivity index (χ2n) is 3.63. The molecule has 0 aliphatic carbocycles. The van der Waals surface area contributed by atoms with E-state index in [0.717, 1.165) is 11.5 Å². The number of hydrogen-bond donors (Lipinski definition) is 3. The molecule has 0 radical (unpaired) electrons. The molecule has 1 aromatic rings. The zero-order valence-electron chi connectivity index (χ0n) is 10.4. The van der Waals surface area contributed by atoms with Gasteiger partial charge in [-0.15, -0.1) is 6.58 Å². The minimum atomic E-state index is -0.991. The highest BCUT2D eigenvalue weighted by atomic mass is 32.2. The number of aromatic carboxylic acids is 1. The zero-order chi connectivity index (χ0) is 14.1. The van der Waals surface area contributed by atoms with Crippen LogP contribution in [-0.4, -0.2) is 35.2 Å². The molecule has 0 spiro atoms. The van der Waals surface area contributed by atoms with Gasteiger partial charge in [-0.3, -0.25) is 0 Å². The van der Waals surface area contributed by atoms with E-state index in [2.05, 4.69) is 17.2 Å². The topological polar surface area (TPSA) is 78.4 Å². The van der Waals surface area contributed by atoms with Crippen LogP contribution in [0.3, 0.4) is 0 Å². The van der Waals surface area contributed by atoms with Crippen molar-refractivity contribution >= 4 is 29.4 Å². The number of anilines is 1. The fourth-order valence-corrected chi connectivity index (χ4v) is 1.85. The molecule has 0 unspecified atom stereocenters. The molecule has 1 aromatic carbocycles. The molecule has 0 fully saturated rings. The number of thioether (sulfide) groups is 1. The minimum Gasteiger partial charge on any atom is -0.478 e. The Balaban J connectivity index is 2.31. The van der Waals surface area contributed by atoms with Gasteiger partial charge in [0.05, 0.1) is 5.56 Å². The lowest BCUT2D eigenvalue weighted by molar-refractivity contribution is 0.0697. The van der Waals surface area contributed by atoms with Gasteiger partial charge in [0.15, 0.2) is 0 Å². The first-order valence-electron chi connectivity index (χ1n) is 5.70. The van der Waals surface area contributed by atoms with Crippen LogP contribution in [0.5, 0.6) is 0 Å². The maximum atomic E-state index is 11.5. The van der Waals surface area contributed by atoms with Crippen molar-refractivity contribution in [1.82, 2.24) is 5.32 Å². The molecule has 0 aliphatic heterocycles. The van der Waals surface area contributed by atoms with E-state index in [0.29, 0.717) is 12.2 Å². The quantitative estimate of drug-likeness (QED) is 0.529. The maximum Gasteiger partial charge on any atom is 0.335 e. The van der Waals surface area contributed by atoms with Gasteiger partial charge in [0.25, 0.3) is 0 Å². The third-order valence-corrected chi connectivity index (χ3v) is 3.12. The smallest absolute Gasteiger partial charge is 0.335 e. The van der Waals surface area contributed by atoms with E-state index in [1.54, 1.807) is 23.9 Å². The first kappa shape index (κ1) is 15.1. The SMILES string of the molecule is C=CCSCCNC(=O)Nc1ccc(C(=O)O)cc1. The number of hydrogen-bond acceptors (Lipinski definition) is 3. The Bertz CT molecular complexity index is 446. The molecule has 102 valence electrons. The van der Waals surface area contributed by atoms with Crippen molar-refractivity contribution in [2.45, 2.75) is 0 Å². The molecule has 0 saturated carbocycles. The average molecular weight is 280 g/mol. The van der Waals surface area contributed by atoms with Crippen LogP contribution in [0.15, 0.2) is 36.9 Å². The van der Waals surface area contributed by atoms with Crippen molar-refractivity contribution in [3.8, 4) is 0 Å². The minimum absolute atomic E-state index is 0.187. The van der Waals surface area contributed by atoms with E-state index < -0.39 is 5.97 Å². The summed E-state index contributed by atoms with van der Waals surface area (Å²) in [5.74, 6) is 0.687. The van der Waals surface area contributed by atoms with Crippen LogP contribution in [0.4, 0.5) is 10.5 Å². The predicted octanol–water partition coefficient (Wildman–Crippen LogP) is 2.43. The zero-order valence-corrected chi connectivity index (χ0v) is 11.2. The van der Waals surface area contributed by atoms with Gasteiger partial charge in [0, 0.05) is 23.7 Å². The summed E-state index contributed by atoms with van der Waals surface area (Å²) in [6, 6.07) is 5.68. The van der Waals surface area contributed by atoms with E-state index in [1.807, 2.05) is 6.08 Å². The second-order valence-corrected chi connectivity index (χ2v) is 4.78. The summed E-state index contributed by atoms with van der Waals surface area (Å²) in [5, 5.41) is 14.1. The molecule has 3 N–H and O–H groups in total. The number of carbonyl (C=O) groups excluding carboxylic acids is 1. The summed E-state index contributed by atoms with van der Waals surface area (Å²) in [5.41, 5.74) is 0.744. The van der Waals surface area contributed by atoms with Crippen LogP contribution in [0.25, 0.3) is 0 Å². The molecule has 0 bridgehead atoms. The fourth-order valence-electron chi connectivity index (χ4n) is 1.27. The highest BCUT2D eigenvalue weighted by Gasteiger charge is 2.04. The van der Waals surface area contributed by atoms with Gasteiger partial charge < -0.3 is 15.7 Å². The molecule has 0 aliphatic rings. The Morgan fingerprint density at radius 1 is 1.32 bits per heavy atom. The molecule has 1 rings (SSSR count). The van der Waals surface area contributed by atoms with Crippen LogP contribution in [0, 0.1) is 0 Å². The Morgan fingerprint density at radius 3 is 2.58 bits per heavy atom. The third kappa shape index (κ3) is 5.96. The molecule has 0 saturated heterocycles.